The monoisotopic (exact) mass is 445 g/mol. The highest BCUT2D eigenvalue weighted by Gasteiger charge is 2.44. The van der Waals surface area contributed by atoms with E-state index >= 15 is 0 Å². The molecule has 6 nitrogen and oxygen atoms in total. The number of alkyl halides is 3. The van der Waals surface area contributed by atoms with E-state index in [2.05, 4.69) is 0 Å². The molecule has 2 atom stereocenters. The lowest BCUT2D eigenvalue weighted by Gasteiger charge is -2.43. The van der Waals surface area contributed by atoms with E-state index in [1.165, 1.54) is 24.1 Å². The quantitative estimate of drug-likeness (QED) is 0.659. The second-order valence-corrected chi connectivity index (χ2v) is 7.06. The van der Waals surface area contributed by atoms with Crippen molar-refractivity contribution in [2.24, 2.45) is 0 Å². The molecule has 0 radical (unpaired) electrons. The summed E-state index contributed by atoms with van der Waals surface area (Å²) in [6.45, 7) is 0. The third kappa shape index (κ3) is 3.64. The molecular weight excluding hydrogens is 427 g/mol. The third-order valence-corrected chi connectivity index (χ3v) is 5.25. The molecule has 0 saturated carbocycles. The predicted molar refractivity (Wildman–Crippen MR) is 108 cm³/mol. The van der Waals surface area contributed by atoms with Gasteiger partial charge in [0, 0.05) is 0 Å². The van der Waals surface area contributed by atoms with Crippen LogP contribution in [0.5, 0.6) is 0 Å². The van der Waals surface area contributed by atoms with Gasteiger partial charge in [0.25, 0.3) is 0 Å². The van der Waals surface area contributed by atoms with Crippen molar-refractivity contribution < 1.29 is 37.0 Å². The van der Waals surface area contributed by atoms with E-state index < -0.39 is 36.0 Å². The molecule has 2 heterocycles. The van der Waals surface area contributed by atoms with Gasteiger partial charge in [-0.2, -0.15) is 13.2 Å². The van der Waals surface area contributed by atoms with Crippen molar-refractivity contribution in [1.29, 1.82) is 0 Å². The van der Waals surface area contributed by atoms with Crippen LogP contribution in [0, 0.1) is 0 Å². The average molecular weight is 445 g/mol. The molecule has 0 unspecified atom stereocenters. The lowest BCUT2D eigenvalue weighted by Crippen LogP contribution is -2.47. The smallest absolute Gasteiger partial charge is 0.416 e. The molecule has 0 N–H and O–H groups in total. The molecule has 2 aliphatic heterocycles. The molecule has 4 rings (SSSR count). The number of ether oxygens (including phenoxy) is 3. The summed E-state index contributed by atoms with van der Waals surface area (Å²) in [6.07, 6.45) is -2.99. The van der Waals surface area contributed by atoms with Gasteiger partial charge in [-0.25, -0.2) is 9.59 Å². The Morgan fingerprint density at radius 3 is 2.25 bits per heavy atom. The van der Waals surface area contributed by atoms with Crippen LogP contribution in [0.15, 0.2) is 65.9 Å². The number of para-hydroxylation sites is 1. The number of anilines is 1. The zero-order valence-electron chi connectivity index (χ0n) is 17.1. The van der Waals surface area contributed by atoms with Gasteiger partial charge in [-0.1, -0.05) is 36.4 Å². The Hall–Kier alpha value is -3.59. The maximum Gasteiger partial charge on any atom is 0.416 e. The number of esters is 2. The lowest BCUT2D eigenvalue weighted by molar-refractivity contribution is -0.142. The molecule has 166 valence electrons. The number of nitrogens with zero attached hydrogens (tertiary/aromatic N) is 1. The molecule has 2 aliphatic rings. The highest BCUT2D eigenvalue weighted by molar-refractivity contribution is 6.05. The van der Waals surface area contributed by atoms with Crippen LogP contribution >= 0.6 is 0 Å². The molecule has 0 aromatic heterocycles. The van der Waals surface area contributed by atoms with Gasteiger partial charge in [0.15, 0.2) is 6.23 Å². The van der Waals surface area contributed by atoms with Crippen molar-refractivity contribution in [3.63, 3.8) is 0 Å². The van der Waals surface area contributed by atoms with E-state index in [4.69, 9.17) is 14.2 Å². The Labute approximate surface area is 181 Å². The molecule has 0 spiro atoms. The topological polar surface area (TPSA) is 65.1 Å². The summed E-state index contributed by atoms with van der Waals surface area (Å²) in [4.78, 5) is 27.2. The number of carbonyl (C=O) groups excluding carboxylic acids is 2. The number of methoxy groups -OCH3 is 2. The second kappa shape index (κ2) is 8.16. The number of hydrogen-bond acceptors (Lipinski definition) is 6. The standard InChI is InChI=1S/C23H18F3NO5/c1-30-21(28)18-19(22(29)31-2)27-16-6-4-3-5-13(16)9-12-17(27)32-20(18)14-7-10-15(11-8-14)23(24,25)26/h3-12,17,20H,1-2H3/t17-,20+/m0/s1. The third-order valence-electron chi connectivity index (χ3n) is 5.25. The first kappa shape index (κ1) is 21.6. The number of carbonyl (C=O) groups is 2. The van der Waals surface area contributed by atoms with Crippen molar-refractivity contribution in [1.82, 2.24) is 0 Å². The fourth-order valence-electron chi connectivity index (χ4n) is 3.78. The highest BCUT2D eigenvalue weighted by Crippen LogP contribution is 2.44. The van der Waals surface area contributed by atoms with Crippen LogP contribution in [-0.4, -0.2) is 32.4 Å². The largest absolute Gasteiger partial charge is 0.466 e. The lowest BCUT2D eigenvalue weighted by atomic mass is 9.94. The number of benzene rings is 2. The first-order valence-electron chi connectivity index (χ1n) is 9.56. The van der Waals surface area contributed by atoms with Crippen LogP contribution in [0.25, 0.3) is 6.08 Å². The Bertz CT molecular complexity index is 1120. The Morgan fingerprint density at radius 1 is 0.969 bits per heavy atom. The summed E-state index contributed by atoms with van der Waals surface area (Å²) in [5.74, 6) is -1.67. The summed E-state index contributed by atoms with van der Waals surface area (Å²) < 4.78 is 55.0. The molecule has 0 aliphatic carbocycles. The fraction of sp³-hybridized carbons (Fsp3) is 0.217. The zero-order chi connectivity index (χ0) is 23.0. The SMILES string of the molecule is COC(=O)C1=C(C(=O)OC)N2c3ccccc3C=C[C@@H]2O[C@@H]1c1ccc(C(F)(F)F)cc1. The van der Waals surface area contributed by atoms with E-state index in [-0.39, 0.29) is 16.8 Å². The van der Waals surface area contributed by atoms with Crippen LogP contribution in [0.3, 0.4) is 0 Å². The van der Waals surface area contributed by atoms with E-state index in [0.29, 0.717) is 5.69 Å². The van der Waals surface area contributed by atoms with Crippen LogP contribution in [0.4, 0.5) is 18.9 Å². The van der Waals surface area contributed by atoms with Gasteiger partial charge < -0.3 is 19.1 Å². The van der Waals surface area contributed by atoms with Gasteiger partial charge in [0.2, 0.25) is 0 Å². The van der Waals surface area contributed by atoms with Gasteiger partial charge in [0.05, 0.1) is 25.5 Å². The maximum atomic E-state index is 13.0. The minimum Gasteiger partial charge on any atom is -0.466 e. The van der Waals surface area contributed by atoms with E-state index in [1.54, 1.807) is 24.3 Å². The van der Waals surface area contributed by atoms with Gasteiger partial charge in [-0.3, -0.25) is 0 Å². The van der Waals surface area contributed by atoms with Crippen LogP contribution in [-0.2, 0) is 30.0 Å². The summed E-state index contributed by atoms with van der Waals surface area (Å²) in [6, 6.07) is 11.4. The van der Waals surface area contributed by atoms with Crippen molar-refractivity contribution in [3.8, 4) is 0 Å². The Balaban J connectivity index is 1.92. The summed E-state index contributed by atoms with van der Waals surface area (Å²) in [5, 5.41) is 0. The molecule has 0 saturated heterocycles. The van der Waals surface area contributed by atoms with E-state index in [9.17, 15) is 22.8 Å². The van der Waals surface area contributed by atoms with Crippen molar-refractivity contribution in [3.05, 3.63) is 82.6 Å². The summed E-state index contributed by atoms with van der Waals surface area (Å²) in [5.41, 5.74) is 0.532. The first-order chi connectivity index (χ1) is 15.3. The van der Waals surface area contributed by atoms with Gasteiger partial charge in [-0.05, 0) is 35.4 Å². The molecule has 0 bridgehead atoms. The van der Waals surface area contributed by atoms with Crippen molar-refractivity contribution in [2.75, 3.05) is 19.1 Å². The average Bonchev–Trinajstić information content (AvgIpc) is 2.81. The summed E-state index contributed by atoms with van der Waals surface area (Å²) >= 11 is 0. The molecule has 9 heteroatoms. The first-order valence-corrected chi connectivity index (χ1v) is 9.56. The summed E-state index contributed by atoms with van der Waals surface area (Å²) in [7, 11) is 2.32. The maximum absolute atomic E-state index is 13.0. The Kier molecular flexibility index (Phi) is 5.52. The number of hydrogen-bond donors (Lipinski definition) is 0. The second-order valence-electron chi connectivity index (χ2n) is 7.06. The van der Waals surface area contributed by atoms with Crippen molar-refractivity contribution in [2.45, 2.75) is 18.5 Å². The van der Waals surface area contributed by atoms with Gasteiger partial charge in [-0.15, -0.1) is 0 Å². The zero-order valence-corrected chi connectivity index (χ0v) is 17.1. The van der Waals surface area contributed by atoms with E-state index in [0.717, 1.165) is 24.8 Å². The minimum atomic E-state index is -4.52. The van der Waals surface area contributed by atoms with Gasteiger partial charge >= 0.3 is 18.1 Å². The Morgan fingerprint density at radius 2 is 1.62 bits per heavy atom. The van der Waals surface area contributed by atoms with Crippen LogP contribution < -0.4 is 4.90 Å². The normalized spacial score (nSPS) is 19.8. The molecule has 0 fully saturated rings. The van der Waals surface area contributed by atoms with Crippen LogP contribution in [0.2, 0.25) is 0 Å². The van der Waals surface area contributed by atoms with Gasteiger partial charge in [0.1, 0.15) is 17.4 Å². The predicted octanol–water partition coefficient (Wildman–Crippen LogP) is 4.24. The molecule has 32 heavy (non-hydrogen) atoms. The minimum absolute atomic E-state index is 0.0997. The molecule has 2 aromatic carbocycles. The van der Waals surface area contributed by atoms with Crippen LogP contribution in [0.1, 0.15) is 22.8 Å². The molecule has 2 aromatic rings. The molecular formula is C23H18F3NO5. The number of fused-ring (bicyclic) bond motifs is 3. The number of halogens is 3. The fourth-order valence-corrected chi connectivity index (χ4v) is 3.78. The highest BCUT2D eigenvalue weighted by atomic mass is 19.4. The number of rotatable bonds is 3. The van der Waals surface area contributed by atoms with E-state index in [1.807, 2.05) is 12.1 Å². The van der Waals surface area contributed by atoms with Crippen molar-refractivity contribution >= 4 is 23.7 Å². The molecule has 0 amide bonds.